The van der Waals surface area contributed by atoms with E-state index in [1.54, 1.807) is 0 Å². The van der Waals surface area contributed by atoms with Crippen LogP contribution in [0.4, 0.5) is 4.79 Å². The summed E-state index contributed by atoms with van der Waals surface area (Å²) >= 11 is 0. The summed E-state index contributed by atoms with van der Waals surface area (Å²) in [6.07, 6.45) is 4.16. The summed E-state index contributed by atoms with van der Waals surface area (Å²) in [5.74, 6) is 0.495. The van der Waals surface area contributed by atoms with Crippen molar-refractivity contribution in [2.24, 2.45) is 0 Å². The van der Waals surface area contributed by atoms with Crippen molar-refractivity contribution in [2.75, 3.05) is 27.2 Å². The lowest BCUT2D eigenvalue weighted by atomic mass is 9.96. The molecule has 3 rings (SSSR count). The lowest BCUT2D eigenvalue weighted by Crippen LogP contribution is -2.42. The van der Waals surface area contributed by atoms with Gasteiger partial charge in [0.25, 0.3) is 0 Å². The first-order valence-corrected chi connectivity index (χ1v) is 9.99. The van der Waals surface area contributed by atoms with Crippen LogP contribution in [0.1, 0.15) is 41.5 Å². The van der Waals surface area contributed by atoms with E-state index in [4.69, 9.17) is 5.41 Å². The first-order valence-electron chi connectivity index (χ1n) is 9.99. The number of amides is 2. The lowest BCUT2D eigenvalue weighted by molar-refractivity contribution is 0.186. The van der Waals surface area contributed by atoms with Gasteiger partial charge in [-0.25, -0.2) is 4.79 Å². The average molecular weight is 379 g/mol. The van der Waals surface area contributed by atoms with E-state index >= 15 is 0 Å². The minimum atomic E-state index is 0.0226. The molecule has 1 aliphatic heterocycles. The second kappa shape index (κ2) is 9.40. The van der Waals surface area contributed by atoms with Crippen LogP contribution < -0.4 is 5.32 Å². The Bertz CT molecular complexity index is 811. The lowest BCUT2D eigenvalue weighted by Gasteiger charge is -2.27. The number of nitrogens with one attached hydrogen (secondary N) is 2. The Morgan fingerprint density at radius 2 is 1.75 bits per heavy atom. The van der Waals surface area contributed by atoms with E-state index in [1.807, 2.05) is 54.2 Å². The Morgan fingerprint density at radius 3 is 2.43 bits per heavy atom. The van der Waals surface area contributed by atoms with Crippen LogP contribution in [0.5, 0.6) is 0 Å². The minimum Gasteiger partial charge on any atom is -0.363 e. The molecular weight excluding hydrogens is 348 g/mol. The highest BCUT2D eigenvalue weighted by atomic mass is 16.2. The van der Waals surface area contributed by atoms with E-state index < -0.39 is 0 Å². The van der Waals surface area contributed by atoms with Crippen LogP contribution in [0.25, 0.3) is 0 Å². The average Bonchev–Trinajstić information content (AvgIpc) is 2.73. The number of benzene rings is 2. The molecule has 0 aliphatic carbocycles. The minimum absolute atomic E-state index is 0.0226. The number of likely N-dealkylation sites (tertiary alicyclic amines) is 1. The third-order valence-electron chi connectivity index (χ3n) is 5.20. The molecule has 0 atom stereocenters. The molecule has 0 unspecified atom stereocenters. The van der Waals surface area contributed by atoms with Gasteiger partial charge in [0.05, 0.1) is 0 Å². The van der Waals surface area contributed by atoms with Crippen LogP contribution >= 0.6 is 0 Å². The highest BCUT2D eigenvalue weighted by molar-refractivity contribution is 5.97. The topological polar surface area (TPSA) is 59.4 Å². The van der Waals surface area contributed by atoms with Gasteiger partial charge < -0.3 is 15.1 Å². The van der Waals surface area contributed by atoms with Crippen molar-refractivity contribution >= 4 is 11.9 Å². The zero-order chi connectivity index (χ0) is 19.9. The van der Waals surface area contributed by atoms with E-state index in [-0.39, 0.29) is 6.03 Å². The monoisotopic (exact) mass is 378 g/mol. The number of hydrogen-bond acceptors (Lipinski definition) is 2. The van der Waals surface area contributed by atoms with Crippen molar-refractivity contribution in [1.29, 1.82) is 5.41 Å². The Labute approximate surface area is 167 Å². The number of amidine groups is 1. The molecule has 0 radical (unpaired) electrons. The number of rotatable bonds is 5. The molecule has 2 N–H and O–H groups in total. The van der Waals surface area contributed by atoms with Gasteiger partial charge in [-0.05, 0) is 42.4 Å². The van der Waals surface area contributed by atoms with E-state index in [1.165, 1.54) is 12.0 Å². The molecule has 28 heavy (non-hydrogen) atoms. The molecule has 5 heteroatoms. The Morgan fingerprint density at radius 1 is 1.04 bits per heavy atom. The van der Waals surface area contributed by atoms with Gasteiger partial charge in [0, 0.05) is 39.3 Å². The summed E-state index contributed by atoms with van der Waals surface area (Å²) in [6.45, 7) is 2.21. The molecule has 0 saturated carbocycles. The first kappa shape index (κ1) is 19.9. The summed E-state index contributed by atoms with van der Waals surface area (Å²) in [6, 6.07) is 16.5. The number of piperidine rings is 1. The van der Waals surface area contributed by atoms with Gasteiger partial charge >= 0.3 is 6.03 Å². The molecule has 1 heterocycles. The van der Waals surface area contributed by atoms with Gasteiger partial charge in [-0.1, -0.05) is 48.5 Å². The molecule has 0 spiro atoms. The number of carbonyl (C=O) groups is 1. The molecule has 1 fully saturated rings. The van der Waals surface area contributed by atoms with Crippen LogP contribution in [0.15, 0.2) is 48.5 Å². The van der Waals surface area contributed by atoms with E-state index in [0.717, 1.165) is 49.0 Å². The smallest absolute Gasteiger partial charge is 0.317 e. The molecule has 0 aromatic heterocycles. The van der Waals surface area contributed by atoms with Crippen LogP contribution in [0, 0.1) is 5.41 Å². The SMILES string of the molecule is CN(C)C(=N)c1ccc(CNC(=O)N2CCCCC2)cc1Cc1ccccc1. The Kier molecular flexibility index (Phi) is 6.69. The maximum absolute atomic E-state index is 12.4. The fraction of sp³-hybridized carbons (Fsp3) is 0.391. The summed E-state index contributed by atoms with van der Waals surface area (Å²) in [5, 5.41) is 11.5. The molecule has 2 aromatic carbocycles. The van der Waals surface area contributed by atoms with Crippen LogP contribution in [0.2, 0.25) is 0 Å². The first-order chi connectivity index (χ1) is 13.5. The predicted molar refractivity (Wildman–Crippen MR) is 114 cm³/mol. The molecule has 2 amide bonds. The van der Waals surface area contributed by atoms with E-state index in [9.17, 15) is 4.79 Å². The molecule has 2 aromatic rings. The van der Waals surface area contributed by atoms with Crippen molar-refractivity contribution in [3.05, 3.63) is 70.8 Å². The van der Waals surface area contributed by atoms with Gasteiger partial charge in [0.15, 0.2) is 0 Å². The van der Waals surface area contributed by atoms with Gasteiger partial charge in [-0.15, -0.1) is 0 Å². The predicted octanol–water partition coefficient (Wildman–Crippen LogP) is 3.86. The Hall–Kier alpha value is -2.82. The maximum Gasteiger partial charge on any atom is 0.317 e. The van der Waals surface area contributed by atoms with Crippen molar-refractivity contribution in [3.63, 3.8) is 0 Å². The van der Waals surface area contributed by atoms with Crippen molar-refractivity contribution in [2.45, 2.75) is 32.2 Å². The summed E-state index contributed by atoms with van der Waals surface area (Å²) in [4.78, 5) is 16.1. The highest BCUT2D eigenvalue weighted by Gasteiger charge is 2.16. The fourth-order valence-electron chi connectivity index (χ4n) is 3.58. The number of hydrogen-bond donors (Lipinski definition) is 2. The third-order valence-corrected chi connectivity index (χ3v) is 5.20. The van der Waals surface area contributed by atoms with Crippen LogP contribution in [-0.4, -0.2) is 48.9 Å². The van der Waals surface area contributed by atoms with Crippen molar-refractivity contribution in [3.8, 4) is 0 Å². The molecule has 0 bridgehead atoms. The normalized spacial score (nSPS) is 13.9. The standard InChI is InChI=1S/C23H30N4O/c1-26(2)22(24)21-12-11-19(16-20(21)15-18-9-5-3-6-10-18)17-25-23(28)27-13-7-4-8-14-27/h3,5-6,9-12,16,24H,4,7-8,13-15,17H2,1-2H3,(H,25,28). The number of urea groups is 1. The highest BCUT2D eigenvalue weighted by Crippen LogP contribution is 2.18. The molecule has 5 nitrogen and oxygen atoms in total. The maximum atomic E-state index is 12.4. The quantitative estimate of drug-likeness (QED) is 0.613. The second-order valence-electron chi connectivity index (χ2n) is 7.60. The zero-order valence-corrected chi connectivity index (χ0v) is 16.9. The van der Waals surface area contributed by atoms with Crippen LogP contribution in [-0.2, 0) is 13.0 Å². The fourth-order valence-corrected chi connectivity index (χ4v) is 3.58. The van der Waals surface area contributed by atoms with E-state index in [0.29, 0.717) is 12.4 Å². The molecular formula is C23H30N4O. The zero-order valence-electron chi connectivity index (χ0n) is 16.9. The molecule has 1 saturated heterocycles. The largest absolute Gasteiger partial charge is 0.363 e. The van der Waals surface area contributed by atoms with Crippen molar-refractivity contribution < 1.29 is 4.79 Å². The summed E-state index contributed by atoms with van der Waals surface area (Å²) < 4.78 is 0. The third kappa shape index (κ3) is 5.12. The van der Waals surface area contributed by atoms with Gasteiger partial charge in [-0.3, -0.25) is 5.41 Å². The Balaban J connectivity index is 1.75. The summed E-state index contributed by atoms with van der Waals surface area (Å²) in [5.41, 5.74) is 4.31. The van der Waals surface area contributed by atoms with Crippen molar-refractivity contribution in [1.82, 2.24) is 15.1 Å². The van der Waals surface area contributed by atoms with Crippen LogP contribution in [0.3, 0.4) is 0 Å². The van der Waals surface area contributed by atoms with E-state index in [2.05, 4.69) is 23.5 Å². The van der Waals surface area contributed by atoms with Gasteiger partial charge in [-0.2, -0.15) is 0 Å². The summed E-state index contributed by atoms with van der Waals surface area (Å²) in [7, 11) is 3.78. The van der Waals surface area contributed by atoms with Gasteiger partial charge in [0.1, 0.15) is 5.84 Å². The second-order valence-corrected chi connectivity index (χ2v) is 7.60. The molecule has 148 valence electrons. The number of carbonyl (C=O) groups excluding carboxylic acids is 1. The van der Waals surface area contributed by atoms with Gasteiger partial charge in [0.2, 0.25) is 0 Å². The molecule has 1 aliphatic rings. The number of nitrogens with zero attached hydrogens (tertiary/aromatic N) is 2.